The van der Waals surface area contributed by atoms with E-state index < -0.39 is 11.6 Å². The van der Waals surface area contributed by atoms with Crippen molar-refractivity contribution in [2.75, 3.05) is 5.73 Å². The van der Waals surface area contributed by atoms with Crippen LogP contribution in [0, 0.1) is 18.6 Å². The first kappa shape index (κ1) is 12.6. The molecule has 3 aromatic rings. The number of aromatic nitrogens is 4. The van der Waals surface area contributed by atoms with Crippen molar-refractivity contribution in [2.24, 2.45) is 7.05 Å². The van der Waals surface area contributed by atoms with Crippen LogP contribution in [0.3, 0.4) is 0 Å². The molecule has 0 atom stereocenters. The molecule has 2 aromatic heterocycles. The highest BCUT2D eigenvalue weighted by atomic mass is 19.2. The molecule has 2 N–H and O–H groups in total. The van der Waals surface area contributed by atoms with Gasteiger partial charge in [0.25, 0.3) is 0 Å². The van der Waals surface area contributed by atoms with E-state index in [1.54, 1.807) is 16.3 Å². The maximum atomic E-state index is 13.3. The van der Waals surface area contributed by atoms with Gasteiger partial charge in [-0.05, 0) is 24.6 Å². The highest BCUT2D eigenvalue weighted by Gasteiger charge is 2.16. The van der Waals surface area contributed by atoms with Gasteiger partial charge in [0.15, 0.2) is 17.3 Å². The third-order valence-corrected chi connectivity index (χ3v) is 3.24. The summed E-state index contributed by atoms with van der Waals surface area (Å²) in [5, 5.41) is 4.27. The molecule has 0 spiro atoms. The number of fused-ring (bicyclic) bond motifs is 1. The Morgan fingerprint density at radius 1 is 1.25 bits per heavy atom. The molecule has 0 aliphatic carbocycles. The van der Waals surface area contributed by atoms with Gasteiger partial charge in [-0.3, -0.25) is 9.25 Å². The van der Waals surface area contributed by atoms with Crippen LogP contribution in [0.15, 0.2) is 18.2 Å². The summed E-state index contributed by atoms with van der Waals surface area (Å²) in [7, 11) is 1.79. The van der Waals surface area contributed by atoms with Crippen molar-refractivity contribution in [1.29, 1.82) is 0 Å². The minimum Gasteiger partial charge on any atom is -0.369 e. The quantitative estimate of drug-likeness (QED) is 0.779. The lowest BCUT2D eigenvalue weighted by Gasteiger charge is -2.07. The second-order valence-electron chi connectivity index (χ2n) is 4.69. The van der Waals surface area contributed by atoms with Crippen molar-refractivity contribution in [3.8, 4) is 0 Å². The molecule has 0 unspecified atom stereocenters. The van der Waals surface area contributed by atoms with Gasteiger partial charge in [0.1, 0.15) is 5.52 Å². The number of nitrogens with two attached hydrogens (primary N) is 1. The molecule has 0 aliphatic heterocycles. The first-order chi connectivity index (χ1) is 9.47. The van der Waals surface area contributed by atoms with Crippen LogP contribution in [-0.2, 0) is 13.6 Å². The van der Waals surface area contributed by atoms with Crippen molar-refractivity contribution >= 4 is 17.1 Å². The van der Waals surface area contributed by atoms with Crippen LogP contribution in [0.1, 0.15) is 11.3 Å². The molecule has 0 aliphatic rings. The van der Waals surface area contributed by atoms with E-state index >= 15 is 0 Å². The van der Waals surface area contributed by atoms with E-state index in [9.17, 15) is 8.78 Å². The van der Waals surface area contributed by atoms with Gasteiger partial charge in [-0.1, -0.05) is 6.07 Å². The van der Waals surface area contributed by atoms with Crippen molar-refractivity contribution in [3.05, 3.63) is 41.1 Å². The molecule has 1 aromatic carbocycles. The lowest BCUT2D eigenvalue weighted by molar-refractivity contribution is 0.506. The molecular formula is C13H13F2N5. The monoisotopic (exact) mass is 277 g/mol. The van der Waals surface area contributed by atoms with Gasteiger partial charge in [0.2, 0.25) is 5.95 Å². The Hall–Kier alpha value is -2.44. The molecule has 104 valence electrons. The molecule has 0 saturated heterocycles. The van der Waals surface area contributed by atoms with Crippen LogP contribution in [0.5, 0.6) is 0 Å². The summed E-state index contributed by atoms with van der Waals surface area (Å²) in [5.74, 6) is -1.42. The number of nitrogen functional groups attached to an aromatic ring is 1. The van der Waals surface area contributed by atoms with Crippen LogP contribution >= 0.6 is 0 Å². The second-order valence-corrected chi connectivity index (χ2v) is 4.69. The topological polar surface area (TPSA) is 61.7 Å². The SMILES string of the molecule is Cc1nn(C)c2c1nc(N)n2Cc1ccc(F)c(F)c1. The molecule has 2 heterocycles. The Morgan fingerprint density at radius 3 is 2.70 bits per heavy atom. The van der Waals surface area contributed by atoms with E-state index in [1.165, 1.54) is 6.07 Å². The first-order valence-electron chi connectivity index (χ1n) is 6.06. The molecule has 0 radical (unpaired) electrons. The summed E-state index contributed by atoms with van der Waals surface area (Å²) in [6, 6.07) is 3.78. The molecule has 7 heteroatoms. The standard InChI is InChI=1S/C13H13F2N5/c1-7-11-12(19(2)18-7)20(13(16)17-11)6-8-3-4-9(14)10(15)5-8/h3-5H,6H2,1-2H3,(H2,16,17). The fourth-order valence-corrected chi connectivity index (χ4v) is 2.33. The number of imidazole rings is 1. The van der Waals surface area contributed by atoms with Crippen LogP contribution in [0.2, 0.25) is 0 Å². The molecule has 0 saturated carbocycles. The van der Waals surface area contributed by atoms with Crippen LogP contribution < -0.4 is 5.73 Å². The summed E-state index contributed by atoms with van der Waals surface area (Å²) in [6.07, 6.45) is 0. The molecule has 0 bridgehead atoms. The highest BCUT2D eigenvalue weighted by molar-refractivity contribution is 5.77. The Balaban J connectivity index is 2.10. The number of benzene rings is 1. The number of hydrogen-bond acceptors (Lipinski definition) is 3. The normalized spacial score (nSPS) is 11.4. The third kappa shape index (κ3) is 1.82. The molecule has 0 amide bonds. The summed E-state index contributed by atoms with van der Waals surface area (Å²) in [4.78, 5) is 4.26. The maximum absolute atomic E-state index is 13.3. The summed E-state index contributed by atoms with van der Waals surface area (Å²) < 4.78 is 29.6. The molecular weight excluding hydrogens is 264 g/mol. The van der Waals surface area contributed by atoms with E-state index in [4.69, 9.17) is 5.73 Å². The number of anilines is 1. The molecule has 20 heavy (non-hydrogen) atoms. The minimum absolute atomic E-state index is 0.304. The van der Waals surface area contributed by atoms with E-state index in [0.29, 0.717) is 23.6 Å². The van der Waals surface area contributed by atoms with E-state index in [-0.39, 0.29) is 0 Å². The second kappa shape index (κ2) is 4.29. The number of hydrogen-bond donors (Lipinski definition) is 1. The van der Waals surface area contributed by atoms with Crippen LogP contribution in [-0.4, -0.2) is 19.3 Å². The molecule has 5 nitrogen and oxygen atoms in total. The predicted octanol–water partition coefficient (Wildman–Crippen LogP) is 1.99. The summed E-state index contributed by atoms with van der Waals surface area (Å²) >= 11 is 0. The minimum atomic E-state index is -0.876. The zero-order valence-corrected chi connectivity index (χ0v) is 11.1. The average molecular weight is 277 g/mol. The van der Waals surface area contributed by atoms with E-state index in [1.807, 2.05) is 6.92 Å². The van der Waals surface area contributed by atoms with Gasteiger partial charge in [0, 0.05) is 7.05 Å². The van der Waals surface area contributed by atoms with Crippen molar-refractivity contribution in [1.82, 2.24) is 19.3 Å². The Morgan fingerprint density at radius 2 is 2.00 bits per heavy atom. The van der Waals surface area contributed by atoms with Gasteiger partial charge in [-0.15, -0.1) is 0 Å². The lowest BCUT2D eigenvalue weighted by Crippen LogP contribution is -2.08. The maximum Gasteiger partial charge on any atom is 0.202 e. The van der Waals surface area contributed by atoms with Gasteiger partial charge in [0.05, 0.1) is 12.2 Å². The lowest BCUT2D eigenvalue weighted by atomic mass is 10.2. The number of rotatable bonds is 2. The van der Waals surface area contributed by atoms with Gasteiger partial charge >= 0.3 is 0 Å². The van der Waals surface area contributed by atoms with Gasteiger partial charge < -0.3 is 5.73 Å². The van der Waals surface area contributed by atoms with Crippen molar-refractivity contribution in [2.45, 2.75) is 13.5 Å². The Bertz CT molecular complexity index is 803. The van der Waals surface area contributed by atoms with E-state index in [0.717, 1.165) is 23.5 Å². The van der Waals surface area contributed by atoms with Crippen molar-refractivity contribution in [3.63, 3.8) is 0 Å². The fraction of sp³-hybridized carbons (Fsp3) is 0.231. The largest absolute Gasteiger partial charge is 0.369 e. The fourth-order valence-electron chi connectivity index (χ4n) is 2.33. The van der Waals surface area contributed by atoms with Gasteiger partial charge in [-0.25, -0.2) is 13.8 Å². The number of halogens is 2. The average Bonchev–Trinajstić information content (AvgIpc) is 2.84. The third-order valence-electron chi connectivity index (χ3n) is 3.24. The van der Waals surface area contributed by atoms with Crippen LogP contribution in [0.25, 0.3) is 11.2 Å². The van der Waals surface area contributed by atoms with E-state index in [2.05, 4.69) is 10.1 Å². The predicted molar refractivity (Wildman–Crippen MR) is 71.1 cm³/mol. The highest BCUT2D eigenvalue weighted by Crippen LogP contribution is 2.22. The Labute approximate surface area is 113 Å². The Kier molecular flexibility index (Phi) is 2.70. The van der Waals surface area contributed by atoms with Crippen molar-refractivity contribution < 1.29 is 8.78 Å². The zero-order chi connectivity index (χ0) is 14.4. The summed E-state index contributed by atoms with van der Waals surface area (Å²) in [5.41, 5.74) is 8.75. The first-order valence-corrected chi connectivity index (χ1v) is 6.06. The van der Waals surface area contributed by atoms with Gasteiger partial charge in [-0.2, -0.15) is 5.10 Å². The summed E-state index contributed by atoms with van der Waals surface area (Å²) in [6.45, 7) is 2.15. The smallest absolute Gasteiger partial charge is 0.202 e. The zero-order valence-electron chi connectivity index (χ0n) is 11.1. The van der Waals surface area contributed by atoms with Crippen LogP contribution in [0.4, 0.5) is 14.7 Å². The number of nitrogens with zero attached hydrogens (tertiary/aromatic N) is 4. The molecule has 0 fully saturated rings. The number of aryl methyl sites for hydroxylation is 2. The molecule has 3 rings (SSSR count).